The number of benzene rings is 2. The number of carbonyl (C=O) groups is 1. The van der Waals surface area contributed by atoms with E-state index in [0.29, 0.717) is 0 Å². The Morgan fingerprint density at radius 1 is 1.08 bits per heavy atom. The molecule has 7 heteroatoms. The molecule has 2 N–H and O–H groups in total. The molecule has 0 saturated carbocycles. The standard InChI is InChI=1S/C17H19ClN2O3S/c1-13(11-18)20-17(21)15-9-5-6-10-16(15)24(22,23)19-12-14-7-3-2-4-8-14/h2-10,13,19H,11-12H2,1H3,(H,20,21)/t13-/m0/s1. The number of nitrogens with one attached hydrogen (secondary N) is 2. The molecule has 2 rings (SSSR count). The smallest absolute Gasteiger partial charge is 0.252 e. The number of amides is 1. The van der Waals surface area contributed by atoms with Gasteiger partial charge in [0, 0.05) is 18.5 Å². The highest BCUT2D eigenvalue weighted by molar-refractivity contribution is 7.89. The number of sulfonamides is 1. The van der Waals surface area contributed by atoms with Gasteiger partial charge >= 0.3 is 0 Å². The fraction of sp³-hybridized carbons (Fsp3) is 0.235. The first kappa shape index (κ1) is 18.4. The quantitative estimate of drug-likeness (QED) is 0.739. The minimum atomic E-state index is -3.82. The Morgan fingerprint density at radius 3 is 2.38 bits per heavy atom. The lowest BCUT2D eigenvalue weighted by Gasteiger charge is -2.14. The Morgan fingerprint density at radius 2 is 1.71 bits per heavy atom. The Bertz CT molecular complexity index is 794. The van der Waals surface area contributed by atoms with Crippen molar-refractivity contribution in [2.75, 3.05) is 5.88 Å². The van der Waals surface area contributed by atoms with Crippen molar-refractivity contribution in [2.24, 2.45) is 0 Å². The van der Waals surface area contributed by atoms with Gasteiger partial charge in [-0.25, -0.2) is 13.1 Å². The molecule has 1 amide bonds. The van der Waals surface area contributed by atoms with Gasteiger partial charge in [-0.1, -0.05) is 42.5 Å². The van der Waals surface area contributed by atoms with Crippen molar-refractivity contribution in [1.29, 1.82) is 0 Å². The number of carbonyl (C=O) groups excluding carboxylic acids is 1. The van der Waals surface area contributed by atoms with Crippen LogP contribution in [-0.2, 0) is 16.6 Å². The van der Waals surface area contributed by atoms with Gasteiger partial charge in [0.05, 0.1) is 10.5 Å². The lowest BCUT2D eigenvalue weighted by atomic mass is 10.2. The largest absolute Gasteiger partial charge is 0.348 e. The van der Waals surface area contributed by atoms with E-state index in [4.69, 9.17) is 11.6 Å². The maximum atomic E-state index is 12.6. The second-order valence-electron chi connectivity index (χ2n) is 5.34. The van der Waals surface area contributed by atoms with Crippen molar-refractivity contribution < 1.29 is 13.2 Å². The molecule has 0 spiro atoms. The maximum Gasteiger partial charge on any atom is 0.252 e. The molecule has 0 heterocycles. The summed E-state index contributed by atoms with van der Waals surface area (Å²) in [6.07, 6.45) is 0. The predicted molar refractivity (Wildman–Crippen MR) is 94.6 cm³/mol. The van der Waals surface area contributed by atoms with E-state index in [-0.39, 0.29) is 28.9 Å². The van der Waals surface area contributed by atoms with E-state index in [2.05, 4.69) is 10.0 Å². The summed E-state index contributed by atoms with van der Waals surface area (Å²) in [5.41, 5.74) is 0.925. The van der Waals surface area contributed by atoms with Crippen LogP contribution in [0.25, 0.3) is 0 Å². The van der Waals surface area contributed by atoms with Crippen molar-refractivity contribution in [1.82, 2.24) is 10.0 Å². The van der Waals surface area contributed by atoms with Crippen molar-refractivity contribution in [3.05, 3.63) is 65.7 Å². The average molecular weight is 367 g/mol. The van der Waals surface area contributed by atoms with Crippen LogP contribution in [0, 0.1) is 0 Å². The van der Waals surface area contributed by atoms with Gasteiger partial charge in [0.15, 0.2) is 0 Å². The summed E-state index contributed by atoms with van der Waals surface area (Å²) in [5, 5.41) is 2.67. The fourth-order valence-electron chi connectivity index (χ4n) is 2.08. The van der Waals surface area contributed by atoms with E-state index in [1.165, 1.54) is 12.1 Å². The third-order valence-corrected chi connectivity index (χ3v) is 5.26. The lowest BCUT2D eigenvalue weighted by molar-refractivity contribution is 0.0940. The number of halogens is 1. The maximum absolute atomic E-state index is 12.6. The molecular formula is C17H19ClN2O3S. The molecule has 1 atom stereocenters. The Hall–Kier alpha value is -1.89. The van der Waals surface area contributed by atoms with Crippen LogP contribution in [0.1, 0.15) is 22.8 Å². The Labute approximate surface area is 147 Å². The van der Waals surface area contributed by atoms with Crippen LogP contribution in [0.2, 0.25) is 0 Å². The summed E-state index contributed by atoms with van der Waals surface area (Å²) in [6, 6.07) is 15.0. The number of alkyl halides is 1. The molecule has 0 fully saturated rings. The molecule has 0 aliphatic heterocycles. The second kappa shape index (κ2) is 8.28. The van der Waals surface area contributed by atoms with Gasteiger partial charge in [0.2, 0.25) is 10.0 Å². The highest BCUT2D eigenvalue weighted by atomic mass is 35.5. The second-order valence-corrected chi connectivity index (χ2v) is 7.38. The van der Waals surface area contributed by atoms with Gasteiger partial charge in [-0.15, -0.1) is 11.6 Å². The number of hydrogen-bond donors (Lipinski definition) is 2. The normalized spacial score (nSPS) is 12.6. The Kier molecular flexibility index (Phi) is 6.36. The van der Waals surface area contributed by atoms with E-state index in [1.54, 1.807) is 19.1 Å². The number of hydrogen-bond acceptors (Lipinski definition) is 3. The molecule has 0 aromatic heterocycles. The third-order valence-electron chi connectivity index (χ3n) is 3.34. The van der Waals surface area contributed by atoms with E-state index < -0.39 is 15.9 Å². The Balaban J connectivity index is 2.22. The average Bonchev–Trinajstić information content (AvgIpc) is 2.60. The summed E-state index contributed by atoms with van der Waals surface area (Å²) in [4.78, 5) is 12.2. The zero-order valence-electron chi connectivity index (χ0n) is 13.2. The molecule has 0 unspecified atom stereocenters. The van der Waals surface area contributed by atoms with Gasteiger partial charge in [-0.05, 0) is 24.6 Å². The molecule has 0 radical (unpaired) electrons. The molecule has 0 bridgehead atoms. The minimum absolute atomic E-state index is 0.0554. The van der Waals surface area contributed by atoms with E-state index in [0.717, 1.165) is 5.56 Å². The van der Waals surface area contributed by atoms with E-state index in [1.807, 2.05) is 30.3 Å². The molecule has 2 aromatic rings. The van der Waals surface area contributed by atoms with Crippen LogP contribution in [0.3, 0.4) is 0 Å². The van der Waals surface area contributed by atoms with Gasteiger partial charge < -0.3 is 5.32 Å². The van der Waals surface area contributed by atoms with Crippen molar-refractivity contribution in [3.8, 4) is 0 Å². The first-order valence-corrected chi connectivity index (χ1v) is 9.45. The van der Waals surface area contributed by atoms with Crippen LogP contribution >= 0.6 is 11.6 Å². The molecular weight excluding hydrogens is 348 g/mol. The minimum Gasteiger partial charge on any atom is -0.348 e. The SMILES string of the molecule is C[C@@H](CCl)NC(=O)c1ccccc1S(=O)(=O)NCc1ccccc1. The molecule has 24 heavy (non-hydrogen) atoms. The molecule has 0 aliphatic carbocycles. The number of rotatable bonds is 7. The summed E-state index contributed by atoms with van der Waals surface area (Å²) in [7, 11) is -3.82. The summed E-state index contributed by atoms with van der Waals surface area (Å²) < 4.78 is 27.7. The highest BCUT2D eigenvalue weighted by Gasteiger charge is 2.22. The van der Waals surface area contributed by atoms with Gasteiger partial charge in [-0.3, -0.25) is 4.79 Å². The summed E-state index contributed by atoms with van der Waals surface area (Å²) >= 11 is 5.69. The molecule has 2 aromatic carbocycles. The zero-order chi connectivity index (χ0) is 17.6. The monoisotopic (exact) mass is 366 g/mol. The molecule has 5 nitrogen and oxygen atoms in total. The van der Waals surface area contributed by atoms with Gasteiger partial charge in [0.25, 0.3) is 5.91 Å². The lowest BCUT2D eigenvalue weighted by Crippen LogP contribution is -2.35. The first-order chi connectivity index (χ1) is 11.4. The third kappa shape index (κ3) is 4.80. The molecule has 0 aliphatic rings. The summed E-state index contributed by atoms with van der Waals surface area (Å²) in [6.45, 7) is 1.90. The predicted octanol–water partition coefficient (Wildman–Crippen LogP) is 2.52. The van der Waals surface area contributed by atoms with Crippen molar-refractivity contribution in [3.63, 3.8) is 0 Å². The summed E-state index contributed by atoms with van der Waals surface area (Å²) in [5.74, 6) is -0.226. The van der Waals surface area contributed by atoms with E-state index in [9.17, 15) is 13.2 Å². The van der Waals surface area contributed by atoms with Crippen molar-refractivity contribution >= 4 is 27.5 Å². The van der Waals surface area contributed by atoms with Crippen LogP contribution < -0.4 is 10.0 Å². The topological polar surface area (TPSA) is 75.3 Å². The highest BCUT2D eigenvalue weighted by Crippen LogP contribution is 2.16. The fourth-order valence-corrected chi connectivity index (χ4v) is 3.38. The zero-order valence-corrected chi connectivity index (χ0v) is 14.8. The van der Waals surface area contributed by atoms with Crippen LogP contribution in [0.4, 0.5) is 0 Å². The van der Waals surface area contributed by atoms with E-state index >= 15 is 0 Å². The first-order valence-electron chi connectivity index (χ1n) is 7.43. The van der Waals surface area contributed by atoms with Crippen LogP contribution in [0.15, 0.2) is 59.5 Å². The van der Waals surface area contributed by atoms with Crippen LogP contribution in [-0.4, -0.2) is 26.2 Å². The van der Waals surface area contributed by atoms with Crippen molar-refractivity contribution in [2.45, 2.75) is 24.4 Å². The molecule has 128 valence electrons. The van der Waals surface area contributed by atoms with Crippen LogP contribution in [0.5, 0.6) is 0 Å². The van der Waals surface area contributed by atoms with Gasteiger partial charge in [-0.2, -0.15) is 0 Å². The van der Waals surface area contributed by atoms with Gasteiger partial charge in [0.1, 0.15) is 0 Å². The molecule has 0 saturated heterocycles.